The molecule has 0 aliphatic rings. The molecular weight excluding hydrogens is 650 g/mol. The van der Waals surface area contributed by atoms with Gasteiger partial charge in [-0.1, -0.05) is 76.6 Å². The van der Waals surface area contributed by atoms with Crippen molar-refractivity contribution in [3.8, 4) is 17.0 Å². The van der Waals surface area contributed by atoms with Gasteiger partial charge in [0, 0.05) is 24.8 Å². The summed E-state index contributed by atoms with van der Waals surface area (Å²) >= 11 is 0. The molecule has 3 rings (SSSR count). The van der Waals surface area contributed by atoms with Crippen molar-refractivity contribution >= 4 is 18.1 Å². The van der Waals surface area contributed by atoms with E-state index in [1.165, 1.54) is 7.11 Å². The lowest BCUT2D eigenvalue weighted by molar-refractivity contribution is -0.127. The standard InChI is InChI=1S/C39H55N5O7/c1-9-10-23-50-30-20-16-27(17-21-30)24-32(41-35(46)34(38(2,3)4)42-36(47)49-8)33(45)26-44(43-37(48)51-39(5,6)7)25-28-14-18-29(19-15-28)31-13-11-12-22-40-31/h11-22,32-34,45H,9-10,23-26H2,1-8H3,(H,41,46)(H,42,47)(H,43,48). The van der Waals surface area contributed by atoms with Gasteiger partial charge < -0.3 is 30.0 Å². The second-order valence-electron chi connectivity index (χ2n) is 14.6. The van der Waals surface area contributed by atoms with Gasteiger partial charge in [-0.05, 0) is 74.4 Å². The van der Waals surface area contributed by atoms with Gasteiger partial charge in [-0.2, -0.15) is 0 Å². The molecule has 3 amide bonds. The predicted octanol–water partition coefficient (Wildman–Crippen LogP) is 6.03. The SMILES string of the molecule is CCCCOc1ccc(CC(NC(=O)C(NC(=O)OC)C(C)(C)C)C(O)CN(Cc2ccc(-c3ccccn3)cc2)NC(=O)OC(C)(C)C)cc1. The molecule has 51 heavy (non-hydrogen) atoms. The van der Waals surface area contributed by atoms with E-state index in [4.69, 9.17) is 14.2 Å². The summed E-state index contributed by atoms with van der Waals surface area (Å²) in [5, 5.41) is 19.0. The fraction of sp³-hybridized carbons (Fsp3) is 0.487. The molecule has 0 bridgehead atoms. The Morgan fingerprint density at radius 1 is 0.882 bits per heavy atom. The maximum Gasteiger partial charge on any atom is 0.422 e. The lowest BCUT2D eigenvalue weighted by Crippen LogP contribution is -2.59. The summed E-state index contributed by atoms with van der Waals surface area (Å²) < 4.78 is 16.1. The Morgan fingerprint density at radius 3 is 2.12 bits per heavy atom. The summed E-state index contributed by atoms with van der Waals surface area (Å²) in [6, 6.07) is 19.1. The van der Waals surface area contributed by atoms with E-state index in [2.05, 4.69) is 28.0 Å². The van der Waals surface area contributed by atoms with Crippen molar-refractivity contribution in [1.82, 2.24) is 26.1 Å². The first kappa shape index (κ1) is 40.7. The first-order valence-corrected chi connectivity index (χ1v) is 17.4. The molecule has 12 heteroatoms. The number of ether oxygens (including phenoxy) is 3. The van der Waals surface area contributed by atoms with Crippen LogP contribution < -0.4 is 20.8 Å². The minimum absolute atomic E-state index is 0.0744. The Bertz CT molecular complexity index is 1520. The van der Waals surface area contributed by atoms with E-state index in [1.54, 1.807) is 32.0 Å². The van der Waals surface area contributed by atoms with Crippen LogP contribution in [0.15, 0.2) is 72.9 Å². The normalized spacial score (nSPS) is 13.5. The predicted molar refractivity (Wildman–Crippen MR) is 197 cm³/mol. The van der Waals surface area contributed by atoms with Crippen LogP contribution in [0, 0.1) is 5.41 Å². The molecule has 0 aliphatic heterocycles. The molecule has 3 atom stereocenters. The molecule has 2 aromatic carbocycles. The summed E-state index contributed by atoms with van der Waals surface area (Å²) in [6.45, 7) is 13.6. The number of rotatable bonds is 16. The van der Waals surface area contributed by atoms with Crippen LogP contribution in [0.2, 0.25) is 0 Å². The number of aromatic nitrogens is 1. The smallest absolute Gasteiger partial charge is 0.422 e. The molecule has 12 nitrogen and oxygen atoms in total. The average molecular weight is 706 g/mol. The van der Waals surface area contributed by atoms with Crippen molar-refractivity contribution in [1.29, 1.82) is 0 Å². The number of methoxy groups -OCH3 is 1. The van der Waals surface area contributed by atoms with Crippen molar-refractivity contribution in [2.75, 3.05) is 20.3 Å². The molecule has 1 heterocycles. The zero-order valence-corrected chi connectivity index (χ0v) is 31.2. The van der Waals surface area contributed by atoms with E-state index >= 15 is 0 Å². The summed E-state index contributed by atoms with van der Waals surface area (Å²) in [5.74, 6) is 0.235. The van der Waals surface area contributed by atoms with Gasteiger partial charge >= 0.3 is 12.2 Å². The molecule has 0 saturated heterocycles. The maximum absolute atomic E-state index is 13.8. The molecule has 278 valence electrons. The first-order valence-electron chi connectivity index (χ1n) is 17.4. The first-order chi connectivity index (χ1) is 24.1. The van der Waals surface area contributed by atoms with Crippen LogP contribution in [0.1, 0.15) is 72.4 Å². The molecule has 0 radical (unpaired) electrons. The van der Waals surface area contributed by atoms with Crippen LogP contribution in [-0.4, -0.2) is 77.2 Å². The highest BCUT2D eigenvalue weighted by atomic mass is 16.6. The van der Waals surface area contributed by atoms with Gasteiger partial charge in [-0.3, -0.25) is 15.2 Å². The number of hydrazine groups is 1. The number of unbranched alkanes of at least 4 members (excludes halogenated alkanes) is 1. The summed E-state index contributed by atoms with van der Waals surface area (Å²) in [7, 11) is 1.23. The van der Waals surface area contributed by atoms with E-state index in [0.717, 1.165) is 41.0 Å². The third-order valence-corrected chi connectivity index (χ3v) is 7.86. The third kappa shape index (κ3) is 14.2. The van der Waals surface area contributed by atoms with Gasteiger partial charge in [0.05, 0.1) is 31.6 Å². The molecule has 0 aliphatic carbocycles. The Hall–Kier alpha value is -4.68. The van der Waals surface area contributed by atoms with Crippen LogP contribution in [0.5, 0.6) is 5.75 Å². The van der Waals surface area contributed by atoms with Crippen molar-refractivity contribution in [3.05, 3.63) is 84.1 Å². The number of nitrogens with one attached hydrogen (secondary N) is 3. The Labute approximate surface area is 302 Å². The second kappa shape index (κ2) is 19.1. The van der Waals surface area contributed by atoms with Gasteiger partial charge in [0.1, 0.15) is 17.4 Å². The largest absolute Gasteiger partial charge is 0.494 e. The number of alkyl carbamates (subject to hydrolysis) is 1. The molecule has 4 N–H and O–H groups in total. The van der Waals surface area contributed by atoms with Crippen LogP contribution in [0.4, 0.5) is 9.59 Å². The number of aliphatic hydroxyl groups is 1. The molecule has 0 fully saturated rings. The molecule has 1 aromatic heterocycles. The van der Waals surface area contributed by atoms with Gasteiger partial charge in [0.25, 0.3) is 0 Å². The highest BCUT2D eigenvalue weighted by Crippen LogP contribution is 2.22. The van der Waals surface area contributed by atoms with Gasteiger partial charge in [-0.25, -0.2) is 14.6 Å². The number of carbonyl (C=O) groups excluding carboxylic acids is 3. The Morgan fingerprint density at radius 2 is 1.55 bits per heavy atom. The van der Waals surface area contributed by atoms with Crippen molar-refractivity contribution in [3.63, 3.8) is 0 Å². The number of hydrogen-bond donors (Lipinski definition) is 4. The van der Waals surface area contributed by atoms with E-state index < -0.39 is 47.3 Å². The van der Waals surface area contributed by atoms with Crippen LogP contribution in [0.25, 0.3) is 11.3 Å². The van der Waals surface area contributed by atoms with E-state index in [1.807, 2.05) is 87.5 Å². The fourth-order valence-corrected chi connectivity index (χ4v) is 5.18. The summed E-state index contributed by atoms with van der Waals surface area (Å²) in [6.07, 6.45) is 1.33. The van der Waals surface area contributed by atoms with Crippen molar-refractivity contribution in [2.24, 2.45) is 5.41 Å². The summed E-state index contributed by atoms with van der Waals surface area (Å²) in [5.41, 5.74) is 4.80. The van der Waals surface area contributed by atoms with Gasteiger partial charge in [0.2, 0.25) is 5.91 Å². The third-order valence-electron chi connectivity index (χ3n) is 7.86. The number of carbonyl (C=O) groups is 3. The number of aliphatic hydroxyl groups excluding tert-OH is 1. The minimum atomic E-state index is -1.18. The number of benzene rings is 2. The van der Waals surface area contributed by atoms with Crippen LogP contribution in [-0.2, 0) is 27.2 Å². The molecule has 0 saturated carbocycles. The number of amides is 3. The lowest BCUT2D eigenvalue weighted by atomic mass is 9.85. The average Bonchev–Trinajstić information content (AvgIpc) is 3.06. The molecule has 0 spiro atoms. The summed E-state index contributed by atoms with van der Waals surface area (Å²) in [4.78, 5) is 43.4. The van der Waals surface area contributed by atoms with E-state index in [-0.39, 0.29) is 19.5 Å². The molecule has 3 aromatic rings. The van der Waals surface area contributed by atoms with E-state index in [0.29, 0.717) is 6.61 Å². The van der Waals surface area contributed by atoms with Crippen LogP contribution >= 0.6 is 0 Å². The lowest BCUT2D eigenvalue weighted by Gasteiger charge is -2.34. The van der Waals surface area contributed by atoms with E-state index in [9.17, 15) is 19.5 Å². The quantitative estimate of drug-likeness (QED) is 0.104. The zero-order chi connectivity index (χ0) is 37.6. The topological polar surface area (TPSA) is 151 Å². The number of hydrogen-bond acceptors (Lipinski definition) is 9. The molecule has 3 unspecified atom stereocenters. The van der Waals surface area contributed by atoms with Crippen LogP contribution in [0.3, 0.4) is 0 Å². The Kier molecular flexibility index (Phi) is 15.2. The van der Waals surface area contributed by atoms with Crippen molar-refractivity contribution in [2.45, 2.75) is 98.1 Å². The fourth-order valence-electron chi connectivity index (χ4n) is 5.18. The van der Waals surface area contributed by atoms with Gasteiger partial charge in [-0.15, -0.1) is 0 Å². The minimum Gasteiger partial charge on any atom is -0.494 e. The highest BCUT2D eigenvalue weighted by Gasteiger charge is 2.36. The second-order valence-corrected chi connectivity index (χ2v) is 14.6. The Balaban J connectivity index is 1.90. The highest BCUT2D eigenvalue weighted by molar-refractivity contribution is 5.86. The number of pyridine rings is 1. The zero-order valence-electron chi connectivity index (χ0n) is 31.2. The number of nitrogens with zero attached hydrogens (tertiary/aromatic N) is 2. The van der Waals surface area contributed by atoms with Crippen molar-refractivity contribution < 1.29 is 33.7 Å². The monoisotopic (exact) mass is 705 g/mol. The maximum atomic E-state index is 13.8. The molecular formula is C39H55N5O7. The van der Waals surface area contributed by atoms with Gasteiger partial charge in [0.15, 0.2) is 0 Å².